The highest BCUT2D eigenvalue weighted by Crippen LogP contribution is 2.65. The number of fused-ring (bicyclic) bond motifs is 12. The summed E-state index contributed by atoms with van der Waals surface area (Å²) in [6.45, 7) is 0. The van der Waals surface area contributed by atoms with E-state index in [1.807, 2.05) is 12.1 Å². The van der Waals surface area contributed by atoms with Gasteiger partial charge in [0.2, 0.25) is 0 Å². The Hall–Kier alpha value is -6.12. The molecule has 0 N–H and O–H groups in total. The summed E-state index contributed by atoms with van der Waals surface area (Å²) >= 11 is 0. The first-order valence-corrected chi connectivity index (χ1v) is 16.2. The van der Waals surface area contributed by atoms with E-state index in [4.69, 9.17) is 9.97 Å². The van der Waals surface area contributed by atoms with Gasteiger partial charge in [-0.05, 0) is 67.4 Å². The molecule has 0 atom stereocenters. The van der Waals surface area contributed by atoms with Crippen LogP contribution in [0.25, 0.3) is 66.9 Å². The molecule has 1 heterocycles. The fourth-order valence-corrected chi connectivity index (χ4v) is 8.23. The van der Waals surface area contributed by atoms with E-state index >= 15 is 0 Å². The fraction of sp³-hybridized carbons (Fsp3) is 0.0222. The van der Waals surface area contributed by atoms with Crippen molar-refractivity contribution in [3.8, 4) is 56.2 Å². The summed E-state index contributed by atoms with van der Waals surface area (Å²) in [6, 6.07) is 61.1. The molecule has 0 saturated carbocycles. The van der Waals surface area contributed by atoms with Crippen molar-refractivity contribution in [1.29, 1.82) is 0 Å². The molecule has 0 fully saturated rings. The lowest BCUT2D eigenvalue weighted by atomic mass is 9.69. The predicted octanol–water partition coefficient (Wildman–Crippen LogP) is 11.0. The molecule has 0 bridgehead atoms. The minimum Gasteiger partial charge on any atom is -0.228 e. The minimum atomic E-state index is -0.464. The van der Waals surface area contributed by atoms with Crippen LogP contribution in [0.5, 0.6) is 0 Å². The Labute approximate surface area is 273 Å². The number of rotatable bonds is 3. The molecule has 1 spiro atoms. The molecule has 0 radical (unpaired) electrons. The van der Waals surface area contributed by atoms with Gasteiger partial charge in [0.05, 0.1) is 16.8 Å². The molecular formula is C45H28N2. The highest BCUT2D eigenvalue weighted by atomic mass is 14.9. The third-order valence-corrected chi connectivity index (χ3v) is 10.1. The van der Waals surface area contributed by atoms with Gasteiger partial charge in [0, 0.05) is 16.7 Å². The van der Waals surface area contributed by atoms with E-state index < -0.39 is 5.41 Å². The molecule has 2 nitrogen and oxygen atoms in total. The van der Waals surface area contributed by atoms with Crippen molar-refractivity contribution in [2.24, 2.45) is 0 Å². The topological polar surface area (TPSA) is 25.8 Å². The molecule has 0 saturated heterocycles. The lowest BCUT2D eigenvalue weighted by Gasteiger charge is -2.31. The van der Waals surface area contributed by atoms with Gasteiger partial charge in [0.1, 0.15) is 0 Å². The Morgan fingerprint density at radius 3 is 1.45 bits per heavy atom. The summed E-state index contributed by atoms with van der Waals surface area (Å²) in [5.74, 6) is 0.735. The van der Waals surface area contributed by atoms with Crippen LogP contribution in [0, 0.1) is 0 Å². The quantitative estimate of drug-likeness (QED) is 0.203. The van der Waals surface area contributed by atoms with Crippen LogP contribution in [0.2, 0.25) is 0 Å². The van der Waals surface area contributed by atoms with E-state index in [0.29, 0.717) is 0 Å². The third-order valence-electron chi connectivity index (χ3n) is 10.1. The second kappa shape index (κ2) is 9.94. The van der Waals surface area contributed by atoms with Crippen LogP contribution in [0.3, 0.4) is 0 Å². The smallest absolute Gasteiger partial charge is 0.161 e. The average molecular weight is 597 g/mol. The Bertz CT molecular complexity index is 2410. The van der Waals surface area contributed by atoms with E-state index in [1.165, 1.54) is 55.3 Å². The van der Waals surface area contributed by atoms with E-state index in [1.54, 1.807) is 0 Å². The number of hydrogen-bond donors (Lipinski definition) is 0. The van der Waals surface area contributed by atoms with Crippen molar-refractivity contribution < 1.29 is 0 Å². The van der Waals surface area contributed by atoms with Gasteiger partial charge in [-0.25, -0.2) is 9.97 Å². The molecule has 0 aliphatic heterocycles. The van der Waals surface area contributed by atoms with Gasteiger partial charge >= 0.3 is 0 Å². The zero-order valence-electron chi connectivity index (χ0n) is 25.6. The number of aromatic nitrogens is 2. The Kier molecular flexibility index (Phi) is 5.53. The highest BCUT2D eigenvalue weighted by Gasteiger charge is 2.53. The van der Waals surface area contributed by atoms with E-state index in [9.17, 15) is 0 Å². The van der Waals surface area contributed by atoms with Crippen LogP contribution in [0.15, 0.2) is 170 Å². The van der Waals surface area contributed by atoms with Gasteiger partial charge in [-0.15, -0.1) is 0 Å². The van der Waals surface area contributed by atoms with Gasteiger partial charge in [-0.3, -0.25) is 0 Å². The third kappa shape index (κ3) is 3.61. The lowest BCUT2D eigenvalue weighted by molar-refractivity contribution is 0.801. The lowest BCUT2D eigenvalue weighted by Crippen LogP contribution is -2.26. The predicted molar refractivity (Wildman–Crippen MR) is 192 cm³/mol. The van der Waals surface area contributed by atoms with E-state index in [0.717, 1.165) is 33.9 Å². The standard InChI is InChI=1S/C45H28N2/c1-3-15-29(16-4-1)40-28-41(30-17-5-2-6-18-30)47-44(46-40)36-27-31-19-7-8-20-32(31)43-42(36)35-23-11-14-26-39(35)45(43)37-24-12-9-21-33(37)34-22-10-13-25-38(34)45/h1-28H. The molecule has 2 aliphatic carbocycles. The van der Waals surface area contributed by atoms with Crippen molar-refractivity contribution in [3.63, 3.8) is 0 Å². The SMILES string of the molecule is c1ccc(-c2cc(-c3ccccc3)nc(-c3cc4ccccc4c4c3-c3ccccc3C43c4ccccc4-c4ccccc43)n2)cc1. The van der Waals surface area contributed by atoms with Crippen LogP contribution in [-0.4, -0.2) is 9.97 Å². The van der Waals surface area contributed by atoms with Crippen molar-refractivity contribution in [1.82, 2.24) is 9.97 Å². The Morgan fingerprint density at radius 1 is 0.383 bits per heavy atom. The van der Waals surface area contributed by atoms with Crippen LogP contribution < -0.4 is 0 Å². The second-order valence-electron chi connectivity index (χ2n) is 12.5. The summed E-state index contributed by atoms with van der Waals surface area (Å²) in [5.41, 5.74) is 14.9. The summed E-state index contributed by atoms with van der Waals surface area (Å²) in [7, 11) is 0. The van der Waals surface area contributed by atoms with E-state index in [2.05, 4.69) is 158 Å². The van der Waals surface area contributed by atoms with Gasteiger partial charge in [-0.1, -0.05) is 158 Å². The summed E-state index contributed by atoms with van der Waals surface area (Å²) in [6.07, 6.45) is 0. The fourth-order valence-electron chi connectivity index (χ4n) is 8.23. The Balaban J connectivity index is 1.37. The maximum atomic E-state index is 5.35. The maximum Gasteiger partial charge on any atom is 0.161 e. The molecule has 7 aromatic carbocycles. The maximum absolute atomic E-state index is 5.35. The van der Waals surface area contributed by atoms with Gasteiger partial charge in [-0.2, -0.15) is 0 Å². The van der Waals surface area contributed by atoms with Crippen molar-refractivity contribution in [3.05, 3.63) is 192 Å². The molecule has 10 rings (SSSR count). The first kappa shape index (κ1) is 26.1. The molecule has 0 unspecified atom stereocenters. The molecular weight excluding hydrogens is 569 g/mol. The van der Waals surface area contributed by atoms with Crippen molar-refractivity contribution in [2.75, 3.05) is 0 Å². The monoisotopic (exact) mass is 596 g/mol. The molecule has 0 amide bonds. The van der Waals surface area contributed by atoms with Crippen LogP contribution in [-0.2, 0) is 5.41 Å². The molecule has 218 valence electrons. The summed E-state index contributed by atoms with van der Waals surface area (Å²) in [5, 5.41) is 2.45. The summed E-state index contributed by atoms with van der Waals surface area (Å²) in [4.78, 5) is 10.7. The minimum absolute atomic E-state index is 0.464. The van der Waals surface area contributed by atoms with Gasteiger partial charge in [0.25, 0.3) is 0 Å². The zero-order chi connectivity index (χ0) is 31.0. The van der Waals surface area contributed by atoms with Crippen molar-refractivity contribution in [2.45, 2.75) is 5.41 Å². The van der Waals surface area contributed by atoms with Gasteiger partial charge < -0.3 is 0 Å². The molecule has 2 aliphatic rings. The first-order chi connectivity index (χ1) is 23.3. The van der Waals surface area contributed by atoms with Crippen LogP contribution in [0.1, 0.15) is 22.3 Å². The largest absolute Gasteiger partial charge is 0.228 e. The summed E-state index contributed by atoms with van der Waals surface area (Å²) < 4.78 is 0. The van der Waals surface area contributed by atoms with Gasteiger partial charge in [0.15, 0.2) is 5.82 Å². The molecule has 47 heavy (non-hydrogen) atoms. The molecule has 2 heteroatoms. The highest BCUT2D eigenvalue weighted by molar-refractivity contribution is 6.08. The number of nitrogens with zero attached hydrogens (tertiary/aromatic N) is 2. The van der Waals surface area contributed by atoms with Crippen molar-refractivity contribution >= 4 is 10.8 Å². The average Bonchev–Trinajstić information content (AvgIpc) is 3.63. The second-order valence-corrected chi connectivity index (χ2v) is 12.5. The van der Waals surface area contributed by atoms with Crippen LogP contribution >= 0.6 is 0 Å². The van der Waals surface area contributed by atoms with E-state index in [-0.39, 0.29) is 0 Å². The van der Waals surface area contributed by atoms with Crippen LogP contribution in [0.4, 0.5) is 0 Å². The first-order valence-electron chi connectivity index (χ1n) is 16.2. The normalized spacial score (nSPS) is 13.3. The molecule has 1 aromatic heterocycles. The Morgan fingerprint density at radius 2 is 0.851 bits per heavy atom. The zero-order valence-corrected chi connectivity index (χ0v) is 25.6. The number of benzene rings is 7. The molecule has 8 aromatic rings. The number of hydrogen-bond acceptors (Lipinski definition) is 2.